The maximum atomic E-state index is 12.5. The number of carbonyl (C=O) groups is 1. The van der Waals surface area contributed by atoms with E-state index in [2.05, 4.69) is 10.3 Å². The minimum Gasteiger partial charge on any atom is -0.379 e. The van der Waals surface area contributed by atoms with Crippen LogP contribution >= 0.6 is 11.3 Å². The Kier molecular flexibility index (Phi) is 5.06. The standard InChI is InChI=1S/C18H16N2O4S2/c1-12-3-4-13(2)16(11-12)26(22,23)24-15-7-5-14(6-8-15)17(21)20-18-19-9-10-25-18/h3-11H,1-2H3,(H,19,20,21). The van der Waals surface area contributed by atoms with Gasteiger partial charge in [0, 0.05) is 17.1 Å². The highest BCUT2D eigenvalue weighted by atomic mass is 32.2. The average molecular weight is 388 g/mol. The highest BCUT2D eigenvalue weighted by Gasteiger charge is 2.19. The fourth-order valence-electron chi connectivity index (χ4n) is 2.26. The minimum absolute atomic E-state index is 0.128. The quantitative estimate of drug-likeness (QED) is 0.672. The summed E-state index contributed by atoms with van der Waals surface area (Å²) in [4.78, 5) is 16.2. The van der Waals surface area contributed by atoms with E-state index in [0.717, 1.165) is 5.56 Å². The van der Waals surface area contributed by atoms with Gasteiger partial charge in [0.05, 0.1) is 0 Å². The molecule has 3 rings (SSSR count). The molecule has 0 radical (unpaired) electrons. The Morgan fingerprint density at radius 3 is 2.50 bits per heavy atom. The molecule has 0 saturated heterocycles. The number of aromatic nitrogens is 1. The summed E-state index contributed by atoms with van der Waals surface area (Å²) in [6.07, 6.45) is 1.59. The summed E-state index contributed by atoms with van der Waals surface area (Å²) in [5.41, 5.74) is 1.80. The predicted molar refractivity (Wildman–Crippen MR) is 100 cm³/mol. The van der Waals surface area contributed by atoms with E-state index in [1.54, 1.807) is 30.6 Å². The second-order valence-electron chi connectivity index (χ2n) is 5.62. The van der Waals surface area contributed by atoms with Gasteiger partial charge in [-0.2, -0.15) is 8.42 Å². The van der Waals surface area contributed by atoms with Crippen LogP contribution in [0.1, 0.15) is 21.5 Å². The lowest BCUT2D eigenvalue weighted by Gasteiger charge is -2.10. The molecular formula is C18H16N2O4S2. The van der Waals surface area contributed by atoms with Crippen molar-refractivity contribution in [2.75, 3.05) is 5.32 Å². The molecule has 0 fully saturated rings. The van der Waals surface area contributed by atoms with Crippen LogP contribution in [0.2, 0.25) is 0 Å². The molecule has 6 nitrogen and oxygen atoms in total. The molecule has 0 aliphatic rings. The number of thiazole rings is 1. The van der Waals surface area contributed by atoms with Crippen LogP contribution in [0.3, 0.4) is 0 Å². The second kappa shape index (κ2) is 7.27. The zero-order valence-corrected chi connectivity index (χ0v) is 15.7. The molecule has 3 aromatic rings. The Labute approximate surface area is 155 Å². The molecular weight excluding hydrogens is 372 g/mol. The topological polar surface area (TPSA) is 85.4 Å². The maximum absolute atomic E-state index is 12.5. The molecule has 0 saturated carbocycles. The Bertz CT molecular complexity index is 1030. The summed E-state index contributed by atoms with van der Waals surface area (Å²) in [5, 5.41) is 4.90. The highest BCUT2D eigenvalue weighted by molar-refractivity contribution is 7.87. The lowest BCUT2D eigenvalue weighted by Crippen LogP contribution is -2.13. The van der Waals surface area contributed by atoms with Gasteiger partial charge in [0.25, 0.3) is 5.91 Å². The molecule has 0 atom stereocenters. The Balaban J connectivity index is 1.76. The summed E-state index contributed by atoms with van der Waals surface area (Å²) < 4.78 is 30.2. The van der Waals surface area contributed by atoms with E-state index in [4.69, 9.17) is 4.18 Å². The zero-order valence-electron chi connectivity index (χ0n) is 14.1. The first-order valence-corrected chi connectivity index (χ1v) is 9.96. The molecule has 1 amide bonds. The smallest absolute Gasteiger partial charge is 0.339 e. The molecule has 134 valence electrons. The van der Waals surface area contributed by atoms with E-state index in [9.17, 15) is 13.2 Å². The van der Waals surface area contributed by atoms with E-state index in [1.807, 2.05) is 13.0 Å². The van der Waals surface area contributed by atoms with Crippen molar-refractivity contribution < 1.29 is 17.4 Å². The van der Waals surface area contributed by atoms with Crippen LogP contribution in [0.5, 0.6) is 5.75 Å². The number of hydrogen-bond acceptors (Lipinski definition) is 6. The van der Waals surface area contributed by atoms with Crippen molar-refractivity contribution >= 4 is 32.5 Å². The molecule has 1 aromatic heterocycles. The molecule has 0 aliphatic carbocycles. The Hall–Kier alpha value is -2.71. The number of benzene rings is 2. The molecule has 2 aromatic carbocycles. The molecule has 0 unspecified atom stereocenters. The van der Waals surface area contributed by atoms with E-state index in [-0.39, 0.29) is 16.6 Å². The molecule has 1 N–H and O–H groups in total. The van der Waals surface area contributed by atoms with Gasteiger partial charge in [0.2, 0.25) is 0 Å². The van der Waals surface area contributed by atoms with E-state index in [0.29, 0.717) is 16.3 Å². The fraction of sp³-hybridized carbons (Fsp3) is 0.111. The highest BCUT2D eigenvalue weighted by Crippen LogP contribution is 2.23. The van der Waals surface area contributed by atoms with Gasteiger partial charge < -0.3 is 4.18 Å². The third-order valence-electron chi connectivity index (χ3n) is 3.59. The number of aryl methyl sites for hydroxylation is 2. The molecule has 0 bridgehead atoms. The predicted octanol–water partition coefficient (Wildman–Crippen LogP) is 3.78. The van der Waals surface area contributed by atoms with Crippen LogP contribution in [-0.4, -0.2) is 19.3 Å². The number of amides is 1. The van der Waals surface area contributed by atoms with Crippen molar-refractivity contribution in [2.45, 2.75) is 18.7 Å². The van der Waals surface area contributed by atoms with Crippen molar-refractivity contribution in [1.82, 2.24) is 4.98 Å². The Morgan fingerprint density at radius 2 is 1.85 bits per heavy atom. The average Bonchev–Trinajstić information content (AvgIpc) is 3.10. The van der Waals surface area contributed by atoms with Gasteiger partial charge in [-0.3, -0.25) is 10.1 Å². The number of hydrogen-bond donors (Lipinski definition) is 1. The number of rotatable bonds is 5. The van der Waals surface area contributed by atoms with Gasteiger partial charge >= 0.3 is 10.1 Å². The largest absolute Gasteiger partial charge is 0.379 e. The van der Waals surface area contributed by atoms with Crippen LogP contribution in [0.4, 0.5) is 5.13 Å². The van der Waals surface area contributed by atoms with Crippen LogP contribution in [0.15, 0.2) is 58.9 Å². The fourth-order valence-corrected chi connectivity index (χ4v) is 4.04. The lowest BCUT2D eigenvalue weighted by atomic mass is 10.2. The SMILES string of the molecule is Cc1ccc(C)c(S(=O)(=O)Oc2ccc(C(=O)Nc3nccs3)cc2)c1. The normalized spacial score (nSPS) is 11.2. The monoisotopic (exact) mass is 388 g/mol. The van der Waals surface area contributed by atoms with Crippen molar-refractivity contribution in [3.8, 4) is 5.75 Å². The van der Waals surface area contributed by atoms with Gasteiger partial charge in [0.1, 0.15) is 10.6 Å². The van der Waals surface area contributed by atoms with Gasteiger partial charge in [-0.1, -0.05) is 12.1 Å². The number of anilines is 1. The lowest BCUT2D eigenvalue weighted by molar-refractivity contribution is 0.102. The minimum atomic E-state index is -3.95. The second-order valence-corrected chi connectivity index (χ2v) is 8.03. The summed E-state index contributed by atoms with van der Waals surface area (Å²) >= 11 is 1.31. The number of nitrogens with zero attached hydrogens (tertiary/aromatic N) is 1. The maximum Gasteiger partial charge on any atom is 0.339 e. The van der Waals surface area contributed by atoms with Crippen molar-refractivity contribution in [2.24, 2.45) is 0 Å². The van der Waals surface area contributed by atoms with Gasteiger partial charge in [-0.05, 0) is 55.3 Å². The molecule has 1 heterocycles. The first-order valence-electron chi connectivity index (χ1n) is 7.68. The molecule has 8 heteroatoms. The summed E-state index contributed by atoms with van der Waals surface area (Å²) in [5.74, 6) is -0.194. The summed E-state index contributed by atoms with van der Waals surface area (Å²) in [6, 6.07) is 11.0. The molecule has 0 spiro atoms. The summed E-state index contributed by atoms with van der Waals surface area (Å²) in [6.45, 7) is 3.52. The number of nitrogens with one attached hydrogen (secondary N) is 1. The zero-order chi connectivity index (χ0) is 18.7. The van der Waals surface area contributed by atoms with Crippen LogP contribution < -0.4 is 9.50 Å². The van der Waals surface area contributed by atoms with E-state index < -0.39 is 10.1 Å². The van der Waals surface area contributed by atoms with Crippen molar-refractivity contribution in [3.63, 3.8) is 0 Å². The summed E-state index contributed by atoms with van der Waals surface area (Å²) in [7, 11) is -3.95. The number of carbonyl (C=O) groups excluding carboxylic acids is 1. The molecule has 0 aliphatic heterocycles. The molecule has 26 heavy (non-hydrogen) atoms. The first-order chi connectivity index (χ1) is 12.3. The van der Waals surface area contributed by atoms with Crippen molar-refractivity contribution in [1.29, 1.82) is 0 Å². The van der Waals surface area contributed by atoms with Crippen LogP contribution in [0.25, 0.3) is 0 Å². The van der Waals surface area contributed by atoms with E-state index >= 15 is 0 Å². The van der Waals surface area contributed by atoms with Crippen LogP contribution in [-0.2, 0) is 10.1 Å². The van der Waals surface area contributed by atoms with Gasteiger partial charge in [-0.15, -0.1) is 11.3 Å². The van der Waals surface area contributed by atoms with Crippen molar-refractivity contribution in [3.05, 3.63) is 70.7 Å². The van der Waals surface area contributed by atoms with Gasteiger partial charge in [-0.25, -0.2) is 4.98 Å². The third-order valence-corrected chi connectivity index (χ3v) is 5.67. The third kappa shape index (κ3) is 4.09. The van der Waals surface area contributed by atoms with Crippen LogP contribution in [0, 0.1) is 13.8 Å². The van der Waals surface area contributed by atoms with E-state index in [1.165, 1.54) is 35.6 Å². The first kappa shape index (κ1) is 18.1. The van der Waals surface area contributed by atoms with Gasteiger partial charge in [0.15, 0.2) is 5.13 Å². The Morgan fingerprint density at radius 1 is 1.12 bits per heavy atom.